The molecule has 1 amide bonds. The minimum atomic E-state index is -0.345. The first-order valence-corrected chi connectivity index (χ1v) is 8.37. The molecule has 2 aromatic rings. The molecule has 0 saturated heterocycles. The smallest absolute Gasteiger partial charge is 0.244 e. The van der Waals surface area contributed by atoms with Crippen LogP contribution in [0.5, 0.6) is 11.5 Å². The van der Waals surface area contributed by atoms with Crippen molar-refractivity contribution in [2.75, 3.05) is 7.11 Å². The zero-order valence-corrected chi connectivity index (χ0v) is 14.8. The molecule has 1 N–H and O–H groups in total. The molecule has 4 nitrogen and oxygen atoms in total. The van der Waals surface area contributed by atoms with E-state index in [0.29, 0.717) is 6.42 Å². The Morgan fingerprint density at radius 2 is 2.00 bits per heavy atom. The molecule has 1 aliphatic rings. The zero-order valence-electron chi connectivity index (χ0n) is 14.8. The number of rotatable bonds is 4. The van der Waals surface area contributed by atoms with Crippen molar-refractivity contribution in [2.24, 2.45) is 0 Å². The third-order valence-corrected chi connectivity index (χ3v) is 4.22. The van der Waals surface area contributed by atoms with E-state index in [4.69, 9.17) is 9.47 Å². The molecule has 0 radical (unpaired) electrons. The topological polar surface area (TPSA) is 47.6 Å². The summed E-state index contributed by atoms with van der Waals surface area (Å²) in [4.78, 5) is 12.4. The number of hydrogen-bond acceptors (Lipinski definition) is 3. The van der Waals surface area contributed by atoms with Crippen LogP contribution in [0.25, 0.3) is 6.08 Å². The summed E-state index contributed by atoms with van der Waals surface area (Å²) in [5.41, 5.74) is 1.59. The summed E-state index contributed by atoms with van der Waals surface area (Å²) in [5.74, 6) is 1.41. The standard InChI is InChI=1S/C21H23NO3/c1-21(2)14-18(17-13-16(24-3)10-11-19(17)25-21)22-20(23)12-9-15-7-5-4-6-8-15/h4-13,18H,14H2,1-3H3,(H,22,23)/b12-9+. The lowest BCUT2D eigenvalue weighted by Gasteiger charge is -2.37. The summed E-state index contributed by atoms with van der Waals surface area (Å²) < 4.78 is 11.3. The van der Waals surface area contributed by atoms with Gasteiger partial charge < -0.3 is 14.8 Å². The van der Waals surface area contributed by atoms with E-state index in [1.54, 1.807) is 13.2 Å². The predicted molar refractivity (Wildman–Crippen MR) is 98.7 cm³/mol. The van der Waals surface area contributed by atoms with Gasteiger partial charge in [-0.1, -0.05) is 30.3 Å². The lowest BCUT2D eigenvalue weighted by molar-refractivity contribution is -0.117. The molecule has 0 aliphatic carbocycles. The Bertz CT molecular complexity index is 781. The van der Waals surface area contributed by atoms with Crippen molar-refractivity contribution in [1.82, 2.24) is 5.32 Å². The molecule has 130 valence electrons. The maximum absolute atomic E-state index is 12.4. The van der Waals surface area contributed by atoms with Crippen molar-refractivity contribution in [3.05, 3.63) is 65.7 Å². The number of carbonyl (C=O) groups excluding carboxylic acids is 1. The normalized spacial score (nSPS) is 18.3. The molecule has 0 spiro atoms. The number of hydrogen-bond donors (Lipinski definition) is 1. The molecular weight excluding hydrogens is 314 g/mol. The second kappa shape index (κ2) is 7.01. The average molecular weight is 337 g/mol. The Hall–Kier alpha value is -2.75. The highest BCUT2D eigenvalue weighted by atomic mass is 16.5. The van der Waals surface area contributed by atoms with Gasteiger partial charge in [-0.05, 0) is 43.7 Å². The molecule has 4 heteroatoms. The van der Waals surface area contributed by atoms with Crippen LogP contribution in [0.1, 0.15) is 37.4 Å². The van der Waals surface area contributed by atoms with Gasteiger partial charge >= 0.3 is 0 Å². The van der Waals surface area contributed by atoms with Crippen molar-refractivity contribution < 1.29 is 14.3 Å². The van der Waals surface area contributed by atoms with Gasteiger partial charge in [-0.15, -0.1) is 0 Å². The first kappa shape index (κ1) is 17.1. The Morgan fingerprint density at radius 1 is 1.24 bits per heavy atom. The van der Waals surface area contributed by atoms with Gasteiger partial charge in [0.15, 0.2) is 0 Å². The minimum Gasteiger partial charge on any atom is -0.497 e. The fourth-order valence-electron chi connectivity index (χ4n) is 3.04. The molecule has 3 rings (SSSR count). The van der Waals surface area contributed by atoms with Gasteiger partial charge in [-0.25, -0.2) is 0 Å². The van der Waals surface area contributed by atoms with Crippen molar-refractivity contribution in [3.8, 4) is 11.5 Å². The maximum atomic E-state index is 12.4. The lowest BCUT2D eigenvalue weighted by atomic mass is 9.89. The Balaban J connectivity index is 1.79. The highest BCUT2D eigenvalue weighted by Gasteiger charge is 2.34. The van der Waals surface area contributed by atoms with E-state index in [-0.39, 0.29) is 17.6 Å². The fraction of sp³-hybridized carbons (Fsp3) is 0.286. The van der Waals surface area contributed by atoms with E-state index in [2.05, 4.69) is 5.32 Å². The summed E-state index contributed by atoms with van der Waals surface area (Å²) in [7, 11) is 1.63. The van der Waals surface area contributed by atoms with Crippen LogP contribution in [0.4, 0.5) is 0 Å². The third-order valence-electron chi connectivity index (χ3n) is 4.22. The summed E-state index contributed by atoms with van der Waals surface area (Å²) in [5, 5.41) is 3.09. The number of fused-ring (bicyclic) bond motifs is 1. The van der Waals surface area contributed by atoms with Crippen LogP contribution in [-0.4, -0.2) is 18.6 Å². The van der Waals surface area contributed by atoms with Crippen LogP contribution in [0, 0.1) is 0 Å². The van der Waals surface area contributed by atoms with Crippen LogP contribution in [0.3, 0.4) is 0 Å². The predicted octanol–water partition coefficient (Wildman–Crippen LogP) is 4.13. The molecule has 1 aliphatic heterocycles. The van der Waals surface area contributed by atoms with Crippen molar-refractivity contribution in [2.45, 2.75) is 31.9 Å². The number of benzene rings is 2. The molecular formula is C21H23NO3. The molecule has 1 atom stereocenters. The fourth-order valence-corrected chi connectivity index (χ4v) is 3.04. The zero-order chi connectivity index (χ0) is 17.9. The van der Waals surface area contributed by atoms with Crippen molar-refractivity contribution in [1.29, 1.82) is 0 Å². The second-order valence-electron chi connectivity index (χ2n) is 6.77. The molecule has 0 saturated carbocycles. The van der Waals surface area contributed by atoms with Gasteiger partial charge in [-0.2, -0.15) is 0 Å². The van der Waals surface area contributed by atoms with Gasteiger partial charge in [0.25, 0.3) is 0 Å². The van der Waals surface area contributed by atoms with Gasteiger partial charge in [-0.3, -0.25) is 4.79 Å². The van der Waals surface area contributed by atoms with Gasteiger partial charge in [0.05, 0.1) is 13.2 Å². The molecule has 0 fully saturated rings. The monoisotopic (exact) mass is 337 g/mol. The van der Waals surface area contributed by atoms with Crippen LogP contribution in [0.15, 0.2) is 54.6 Å². The third kappa shape index (κ3) is 4.21. The first-order valence-electron chi connectivity index (χ1n) is 8.37. The summed E-state index contributed by atoms with van der Waals surface area (Å²) in [6, 6.07) is 15.3. The van der Waals surface area contributed by atoms with Gasteiger partial charge in [0, 0.05) is 18.1 Å². The van der Waals surface area contributed by atoms with E-state index in [9.17, 15) is 4.79 Å². The lowest BCUT2D eigenvalue weighted by Crippen LogP contribution is -2.40. The van der Waals surface area contributed by atoms with E-state index in [1.165, 1.54) is 0 Å². The summed E-state index contributed by atoms with van der Waals surface area (Å²) in [6.45, 7) is 4.05. The Kier molecular flexibility index (Phi) is 4.79. The van der Waals surface area contributed by atoms with Crippen LogP contribution in [0.2, 0.25) is 0 Å². The number of nitrogens with one attached hydrogen (secondary N) is 1. The van der Waals surface area contributed by atoms with E-state index >= 15 is 0 Å². The number of methoxy groups -OCH3 is 1. The first-order chi connectivity index (χ1) is 12.0. The molecule has 1 heterocycles. The quantitative estimate of drug-likeness (QED) is 0.854. The van der Waals surface area contributed by atoms with Crippen molar-refractivity contribution in [3.63, 3.8) is 0 Å². The van der Waals surface area contributed by atoms with Crippen LogP contribution in [-0.2, 0) is 4.79 Å². The van der Waals surface area contributed by atoms with E-state index < -0.39 is 0 Å². The highest BCUT2D eigenvalue weighted by Crippen LogP contribution is 2.41. The number of carbonyl (C=O) groups is 1. The average Bonchev–Trinajstić information content (AvgIpc) is 2.60. The van der Waals surface area contributed by atoms with Crippen LogP contribution < -0.4 is 14.8 Å². The van der Waals surface area contributed by atoms with Gasteiger partial charge in [0.1, 0.15) is 17.1 Å². The minimum absolute atomic E-state index is 0.123. The van der Waals surface area contributed by atoms with Crippen molar-refractivity contribution >= 4 is 12.0 Å². The summed E-state index contributed by atoms with van der Waals surface area (Å²) in [6.07, 6.45) is 4.07. The Labute approximate surface area is 148 Å². The Morgan fingerprint density at radius 3 is 2.72 bits per heavy atom. The largest absolute Gasteiger partial charge is 0.497 e. The maximum Gasteiger partial charge on any atom is 0.244 e. The van der Waals surface area contributed by atoms with Gasteiger partial charge in [0.2, 0.25) is 5.91 Å². The van der Waals surface area contributed by atoms with E-state index in [0.717, 1.165) is 22.6 Å². The highest BCUT2D eigenvalue weighted by molar-refractivity contribution is 5.92. The molecule has 0 bridgehead atoms. The molecule has 25 heavy (non-hydrogen) atoms. The molecule has 2 aromatic carbocycles. The molecule has 1 unspecified atom stereocenters. The molecule has 0 aromatic heterocycles. The number of ether oxygens (including phenoxy) is 2. The summed E-state index contributed by atoms with van der Waals surface area (Å²) >= 11 is 0. The van der Waals surface area contributed by atoms with E-state index in [1.807, 2.05) is 68.5 Å². The number of amides is 1. The second-order valence-corrected chi connectivity index (χ2v) is 6.77. The van der Waals surface area contributed by atoms with Crippen LogP contribution >= 0.6 is 0 Å². The SMILES string of the molecule is COc1ccc2c(c1)C(NC(=O)/C=C/c1ccccc1)CC(C)(C)O2.